The Morgan fingerprint density at radius 1 is 1.41 bits per heavy atom. The Morgan fingerprint density at radius 2 is 2.12 bits per heavy atom. The summed E-state index contributed by atoms with van der Waals surface area (Å²) in [6, 6.07) is 2.17. The Morgan fingerprint density at radius 3 is 2.65 bits per heavy atom. The Labute approximate surface area is 103 Å². The van der Waals surface area contributed by atoms with Gasteiger partial charge >= 0.3 is 5.97 Å². The van der Waals surface area contributed by atoms with Crippen molar-refractivity contribution in [1.82, 2.24) is 9.78 Å². The van der Waals surface area contributed by atoms with Crippen molar-refractivity contribution in [1.29, 1.82) is 0 Å². The fraction of sp³-hybridized carbons (Fsp3) is 0.692. The molecule has 0 saturated carbocycles. The van der Waals surface area contributed by atoms with E-state index in [9.17, 15) is 4.79 Å². The fourth-order valence-electron chi connectivity index (χ4n) is 1.86. The molecule has 0 aliphatic carbocycles. The van der Waals surface area contributed by atoms with E-state index in [1.54, 1.807) is 0 Å². The van der Waals surface area contributed by atoms with Gasteiger partial charge in [-0.25, -0.2) is 0 Å². The third-order valence-electron chi connectivity index (χ3n) is 2.77. The predicted octanol–water partition coefficient (Wildman–Crippen LogP) is 2.52. The Balaban J connectivity index is 2.76. The zero-order valence-corrected chi connectivity index (χ0v) is 11.2. The molecule has 0 aromatic carbocycles. The highest BCUT2D eigenvalue weighted by Gasteiger charge is 2.15. The van der Waals surface area contributed by atoms with Crippen molar-refractivity contribution in [2.45, 2.75) is 53.0 Å². The smallest absolute Gasteiger partial charge is 0.307 e. The topological polar surface area (TPSA) is 44.1 Å². The number of hydrogen-bond acceptors (Lipinski definition) is 3. The number of rotatable bonds is 6. The highest BCUT2D eigenvalue weighted by Crippen LogP contribution is 2.16. The largest absolute Gasteiger partial charge is 0.466 e. The van der Waals surface area contributed by atoms with E-state index in [-0.39, 0.29) is 12.0 Å². The molecule has 0 spiro atoms. The number of carbonyl (C=O) groups is 1. The molecule has 0 amide bonds. The molecule has 1 unspecified atom stereocenters. The van der Waals surface area contributed by atoms with E-state index in [1.807, 2.05) is 18.5 Å². The third-order valence-corrected chi connectivity index (χ3v) is 2.77. The normalized spacial score (nSPS) is 12.5. The van der Waals surface area contributed by atoms with Gasteiger partial charge in [-0.05, 0) is 32.8 Å². The minimum absolute atomic E-state index is 0.0595. The molecule has 1 aromatic rings. The molecule has 0 bridgehead atoms. The molecule has 0 aliphatic rings. The molecule has 0 radical (unpaired) electrons. The maximum Gasteiger partial charge on any atom is 0.307 e. The third kappa shape index (κ3) is 3.58. The van der Waals surface area contributed by atoms with E-state index in [0.29, 0.717) is 13.0 Å². The summed E-state index contributed by atoms with van der Waals surface area (Å²) >= 11 is 0. The first kappa shape index (κ1) is 13.7. The van der Waals surface area contributed by atoms with Crippen molar-refractivity contribution in [3.63, 3.8) is 0 Å². The number of esters is 1. The summed E-state index contributed by atoms with van der Waals surface area (Å²) < 4.78 is 6.91. The van der Waals surface area contributed by atoms with E-state index in [0.717, 1.165) is 18.5 Å². The van der Waals surface area contributed by atoms with Gasteiger partial charge in [0, 0.05) is 5.69 Å². The van der Waals surface area contributed by atoms with Crippen molar-refractivity contribution in [2.75, 3.05) is 6.61 Å². The van der Waals surface area contributed by atoms with Crippen LogP contribution in [-0.2, 0) is 22.4 Å². The van der Waals surface area contributed by atoms with Crippen LogP contribution in [0.25, 0.3) is 0 Å². The molecule has 96 valence electrons. The van der Waals surface area contributed by atoms with Crippen LogP contribution in [0.5, 0.6) is 0 Å². The van der Waals surface area contributed by atoms with Crippen molar-refractivity contribution >= 4 is 5.97 Å². The van der Waals surface area contributed by atoms with Gasteiger partial charge in [-0.1, -0.05) is 13.8 Å². The lowest BCUT2D eigenvalue weighted by Crippen LogP contribution is -2.16. The summed E-state index contributed by atoms with van der Waals surface area (Å²) in [6.45, 7) is 8.45. The van der Waals surface area contributed by atoms with Crippen LogP contribution >= 0.6 is 0 Å². The standard InChI is InChI=1S/C13H22N2O2/c1-5-11-9-12(6-2)15(14-11)10(4)8-13(16)17-7-3/h9-10H,5-8H2,1-4H3. The summed E-state index contributed by atoms with van der Waals surface area (Å²) in [5.74, 6) is -0.157. The van der Waals surface area contributed by atoms with Crippen LogP contribution in [0, 0.1) is 0 Å². The number of carbonyl (C=O) groups excluding carboxylic acids is 1. The summed E-state index contributed by atoms with van der Waals surface area (Å²) in [5.41, 5.74) is 2.26. The second-order valence-electron chi connectivity index (χ2n) is 4.14. The molecule has 4 nitrogen and oxygen atoms in total. The van der Waals surface area contributed by atoms with E-state index in [1.165, 1.54) is 5.69 Å². The first-order chi connectivity index (χ1) is 8.12. The summed E-state index contributed by atoms with van der Waals surface area (Å²) in [7, 11) is 0. The van der Waals surface area contributed by atoms with Crippen LogP contribution in [0.3, 0.4) is 0 Å². The molecule has 1 atom stereocenters. The average molecular weight is 238 g/mol. The highest BCUT2D eigenvalue weighted by molar-refractivity contribution is 5.69. The van der Waals surface area contributed by atoms with Gasteiger partial charge in [0.1, 0.15) is 0 Å². The maximum atomic E-state index is 11.4. The summed E-state index contributed by atoms with van der Waals surface area (Å²) in [5, 5.41) is 4.52. The molecule has 1 rings (SSSR count). The lowest BCUT2D eigenvalue weighted by Gasteiger charge is -2.14. The van der Waals surface area contributed by atoms with Crippen molar-refractivity contribution in [3.8, 4) is 0 Å². The Hall–Kier alpha value is -1.32. The van der Waals surface area contributed by atoms with Gasteiger partial charge in [0.15, 0.2) is 0 Å². The van der Waals surface area contributed by atoms with Crippen LogP contribution in [0.4, 0.5) is 0 Å². The Kier molecular flexibility index (Phi) is 5.19. The monoisotopic (exact) mass is 238 g/mol. The van der Waals surface area contributed by atoms with Crippen molar-refractivity contribution < 1.29 is 9.53 Å². The van der Waals surface area contributed by atoms with Crippen LogP contribution in [0.1, 0.15) is 51.5 Å². The van der Waals surface area contributed by atoms with Gasteiger partial charge in [-0.15, -0.1) is 0 Å². The van der Waals surface area contributed by atoms with E-state index < -0.39 is 0 Å². The SMILES string of the molecule is CCOC(=O)CC(C)n1nc(CC)cc1CC. The van der Waals surface area contributed by atoms with Crippen LogP contribution in [0.2, 0.25) is 0 Å². The first-order valence-electron chi connectivity index (χ1n) is 6.35. The molecule has 17 heavy (non-hydrogen) atoms. The molecular weight excluding hydrogens is 216 g/mol. The molecule has 1 aromatic heterocycles. The van der Waals surface area contributed by atoms with Gasteiger partial charge in [0.05, 0.1) is 24.8 Å². The number of aromatic nitrogens is 2. The fourth-order valence-corrected chi connectivity index (χ4v) is 1.86. The minimum Gasteiger partial charge on any atom is -0.466 e. The van der Waals surface area contributed by atoms with E-state index >= 15 is 0 Å². The molecule has 0 aliphatic heterocycles. The van der Waals surface area contributed by atoms with Crippen LogP contribution < -0.4 is 0 Å². The number of hydrogen-bond donors (Lipinski definition) is 0. The van der Waals surface area contributed by atoms with Gasteiger partial charge in [-0.2, -0.15) is 5.10 Å². The molecule has 0 saturated heterocycles. The molecule has 0 N–H and O–H groups in total. The zero-order chi connectivity index (χ0) is 12.8. The summed E-state index contributed by atoms with van der Waals surface area (Å²) in [4.78, 5) is 11.4. The number of ether oxygens (including phenoxy) is 1. The summed E-state index contributed by atoms with van der Waals surface area (Å²) in [6.07, 6.45) is 2.23. The first-order valence-corrected chi connectivity index (χ1v) is 6.35. The second kappa shape index (κ2) is 6.42. The minimum atomic E-state index is -0.157. The molecular formula is C13H22N2O2. The van der Waals surface area contributed by atoms with E-state index in [2.05, 4.69) is 25.0 Å². The van der Waals surface area contributed by atoms with Crippen molar-refractivity contribution in [2.24, 2.45) is 0 Å². The van der Waals surface area contributed by atoms with Gasteiger partial charge in [-0.3, -0.25) is 9.48 Å². The second-order valence-corrected chi connectivity index (χ2v) is 4.14. The lowest BCUT2D eigenvalue weighted by molar-refractivity contribution is -0.144. The molecule has 1 heterocycles. The zero-order valence-electron chi connectivity index (χ0n) is 11.2. The number of aryl methyl sites for hydroxylation is 2. The van der Waals surface area contributed by atoms with Gasteiger partial charge in [0.25, 0.3) is 0 Å². The van der Waals surface area contributed by atoms with Crippen molar-refractivity contribution in [3.05, 3.63) is 17.5 Å². The lowest BCUT2D eigenvalue weighted by atomic mass is 10.2. The molecule has 4 heteroatoms. The Bertz CT molecular complexity index is 371. The predicted molar refractivity (Wildman–Crippen MR) is 66.9 cm³/mol. The van der Waals surface area contributed by atoms with Gasteiger partial charge in [0.2, 0.25) is 0 Å². The maximum absolute atomic E-state index is 11.4. The molecule has 0 fully saturated rings. The highest BCUT2D eigenvalue weighted by atomic mass is 16.5. The van der Waals surface area contributed by atoms with E-state index in [4.69, 9.17) is 4.74 Å². The average Bonchev–Trinajstić information content (AvgIpc) is 2.72. The quantitative estimate of drug-likeness (QED) is 0.715. The van der Waals surface area contributed by atoms with Crippen LogP contribution in [0.15, 0.2) is 6.07 Å². The van der Waals surface area contributed by atoms with Gasteiger partial charge < -0.3 is 4.74 Å². The van der Waals surface area contributed by atoms with Crippen LogP contribution in [-0.4, -0.2) is 22.4 Å². The number of nitrogens with zero attached hydrogens (tertiary/aromatic N) is 2.